The minimum absolute atomic E-state index is 0.312. The molecular formula is C14H21FN2OS. The third kappa shape index (κ3) is 3.26. The van der Waals surface area contributed by atoms with Gasteiger partial charge < -0.3 is 15.8 Å². The summed E-state index contributed by atoms with van der Waals surface area (Å²) in [5.74, 6) is 0.198. The number of rotatable bonds is 4. The second kappa shape index (κ2) is 6.37. The van der Waals surface area contributed by atoms with Gasteiger partial charge in [0.15, 0.2) is 0 Å². The van der Waals surface area contributed by atoms with Gasteiger partial charge in [0.05, 0.1) is 18.5 Å². The molecule has 0 amide bonds. The van der Waals surface area contributed by atoms with E-state index in [0.717, 1.165) is 6.42 Å². The highest BCUT2D eigenvalue weighted by atomic mass is 32.2. The van der Waals surface area contributed by atoms with Crippen LogP contribution in [0.4, 0.5) is 15.8 Å². The number of thioether (sulfide) groups is 1. The monoisotopic (exact) mass is 284 g/mol. The molecule has 0 aliphatic heterocycles. The molecule has 1 saturated carbocycles. The number of hydrogen-bond acceptors (Lipinski definition) is 4. The summed E-state index contributed by atoms with van der Waals surface area (Å²) >= 11 is 1.85. The molecule has 106 valence electrons. The van der Waals surface area contributed by atoms with E-state index >= 15 is 0 Å². The zero-order valence-electron chi connectivity index (χ0n) is 11.4. The van der Waals surface area contributed by atoms with Crippen LogP contribution in [0.25, 0.3) is 0 Å². The maximum atomic E-state index is 13.9. The third-order valence-corrected chi connectivity index (χ3v) is 4.84. The zero-order valence-corrected chi connectivity index (χ0v) is 12.2. The van der Waals surface area contributed by atoms with Crippen LogP contribution in [0.1, 0.15) is 25.7 Å². The minimum atomic E-state index is -0.316. The van der Waals surface area contributed by atoms with Gasteiger partial charge in [0.25, 0.3) is 0 Å². The molecule has 1 fully saturated rings. The van der Waals surface area contributed by atoms with E-state index in [1.54, 1.807) is 13.2 Å². The molecule has 0 spiro atoms. The van der Waals surface area contributed by atoms with Crippen LogP contribution in [0.3, 0.4) is 0 Å². The first-order chi connectivity index (χ1) is 9.15. The largest absolute Gasteiger partial charge is 0.495 e. The van der Waals surface area contributed by atoms with Crippen molar-refractivity contribution in [2.75, 3.05) is 24.4 Å². The van der Waals surface area contributed by atoms with Gasteiger partial charge in [-0.1, -0.05) is 12.8 Å². The Labute approximate surface area is 118 Å². The summed E-state index contributed by atoms with van der Waals surface area (Å²) in [4.78, 5) is 0. The normalized spacial score (nSPS) is 23.1. The lowest BCUT2D eigenvalue weighted by Gasteiger charge is -2.32. The molecule has 19 heavy (non-hydrogen) atoms. The van der Waals surface area contributed by atoms with Crippen molar-refractivity contribution < 1.29 is 9.13 Å². The molecule has 2 unspecified atom stereocenters. The van der Waals surface area contributed by atoms with Crippen molar-refractivity contribution in [1.82, 2.24) is 0 Å². The number of halogens is 1. The summed E-state index contributed by atoms with van der Waals surface area (Å²) in [7, 11) is 1.54. The van der Waals surface area contributed by atoms with E-state index in [1.165, 1.54) is 25.3 Å². The van der Waals surface area contributed by atoms with Crippen molar-refractivity contribution >= 4 is 23.1 Å². The Balaban J connectivity index is 2.17. The molecule has 0 aromatic heterocycles. The van der Waals surface area contributed by atoms with Gasteiger partial charge in [-0.2, -0.15) is 11.8 Å². The number of benzene rings is 1. The smallest absolute Gasteiger partial charge is 0.148 e. The molecule has 2 rings (SSSR count). The van der Waals surface area contributed by atoms with Crippen molar-refractivity contribution in [3.05, 3.63) is 17.9 Å². The van der Waals surface area contributed by atoms with Crippen LogP contribution in [0.2, 0.25) is 0 Å². The van der Waals surface area contributed by atoms with E-state index in [9.17, 15) is 4.39 Å². The first-order valence-corrected chi connectivity index (χ1v) is 7.87. The summed E-state index contributed by atoms with van der Waals surface area (Å²) < 4.78 is 19.1. The van der Waals surface area contributed by atoms with Crippen LogP contribution < -0.4 is 15.8 Å². The number of nitrogen functional groups attached to an aromatic ring is 1. The molecule has 0 heterocycles. The van der Waals surface area contributed by atoms with Crippen LogP contribution in [-0.2, 0) is 0 Å². The lowest BCUT2D eigenvalue weighted by atomic mass is 9.94. The van der Waals surface area contributed by atoms with Gasteiger partial charge in [-0.3, -0.25) is 0 Å². The second-order valence-corrected chi connectivity index (χ2v) is 5.96. The Bertz CT molecular complexity index is 442. The Kier molecular flexibility index (Phi) is 4.80. The van der Waals surface area contributed by atoms with E-state index in [2.05, 4.69) is 11.6 Å². The highest BCUT2D eigenvalue weighted by Crippen LogP contribution is 2.33. The summed E-state index contributed by atoms with van der Waals surface area (Å²) in [6.45, 7) is 0. The quantitative estimate of drug-likeness (QED) is 0.831. The third-order valence-electron chi connectivity index (χ3n) is 3.67. The van der Waals surface area contributed by atoms with Crippen LogP contribution >= 0.6 is 11.8 Å². The predicted octanol–water partition coefficient (Wildman–Crippen LogP) is 3.50. The topological polar surface area (TPSA) is 47.3 Å². The van der Waals surface area contributed by atoms with E-state index in [4.69, 9.17) is 10.5 Å². The lowest BCUT2D eigenvalue weighted by Crippen LogP contribution is -2.34. The molecule has 0 saturated heterocycles. The fraction of sp³-hybridized carbons (Fsp3) is 0.571. The molecule has 5 heteroatoms. The average molecular weight is 284 g/mol. The summed E-state index contributed by atoms with van der Waals surface area (Å²) in [5, 5.41) is 3.86. The molecule has 2 atom stereocenters. The highest BCUT2D eigenvalue weighted by Gasteiger charge is 2.25. The van der Waals surface area contributed by atoms with Gasteiger partial charge in [-0.05, 0) is 19.1 Å². The number of hydrogen-bond donors (Lipinski definition) is 2. The number of anilines is 2. The van der Waals surface area contributed by atoms with Crippen molar-refractivity contribution in [3.8, 4) is 5.75 Å². The van der Waals surface area contributed by atoms with Crippen molar-refractivity contribution in [2.45, 2.75) is 37.0 Å². The van der Waals surface area contributed by atoms with Gasteiger partial charge in [0.2, 0.25) is 0 Å². The molecule has 0 bridgehead atoms. The molecule has 1 aliphatic carbocycles. The van der Waals surface area contributed by atoms with Gasteiger partial charge >= 0.3 is 0 Å². The average Bonchev–Trinajstić information content (AvgIpc) is 2.42. The molecule has 0 radical (unpaired) electrons. The van der Waals surface area contributed by atoms with Crippen molar-refractivity contribution in [3.63, 3.8) is 0 Å². The summed E-state index contributed by atoms with van der Waals surface area (Å²) in [6, 6.07) is 3.28. The predicted molar refractivity (Wildman–Crippen MR) is 80.5 cm³/mol. The maximum absolute atomic E-state index is 13.9. The van der Waals surface area contributed by atoms with Crippen LogP contribution in [0, 0.1) is 5.82 Å². The molecule has 3 N–H and O–H groups in total. The van der Waals surface area contributed by atoms with Crippen LogP contribution in [0.15, 0.2) is 12.1 Å². The van der Waals surface area contributed by atoms with E-state index in [-0.39, 0.29) is 5.82 Å². The van der Waals surface area contributed by atoms with Gasteiger partial charge in [0, 0.05) is 23.4 Å². The fourth-order valence-electron chi connectivity index (χ4n) is 2.60. The Morgan fingerprint density at radius 2 is 2.11 bits per heavy atom. The van der Waals surface area contributed by atoms with Crippen molar-refractivity contribution in [1.29, 1.82) is 0 Å². The number of nitrogens with one attached hydrogen (secondary N) is 1. The van der Waals surface area contributed by atoms with E-state index in [1.807, 2.05) is 11.8 Å². The second-order valence-electron chi connectivity index (χ2n) is 4.88. The van der Waals surface area contributed by atoms with E-state index in [0.29, 0.717) is 28.4 Å². The Morgan fingerprint density at radius 1 is 1.37 bits per heavy atom. The Morgan fingerprint density at radius 3 is 2.79 bits per heavy atom. The molecular weight excluding hydrogens is 263 g/mol. The summed E-state index contributed by atoms with van der Waals surface area (Å²) in [5.41, 5.74) is 6.50. The Hall–Kier alpha value is -1.10. The van der Waals surface area contributed by atoms with E-state index < -0.39 is 0 Å². The maximum Gasteiger partial charge on any atom is 0.148 e. The molecule has 1 aliphatic rings. The number of ether oxygens (including phenoxy) is 1. The standard InChI is InChI=1S/C14H21FN2OS/c1-18-13-8-12(9(15)7-10(13)16)17-11-5-3-4-6-14(11)19-2/h7-8,11,14,17H,3-6,16H2,1-2H3. The lowest BCUT2D eigenvalue weighted by molar-refractivity contribution is 0.416. The van der Waals surface area contributed by atoms with Gasteiger partial charge in [0.1, 0.15) is 11.6 Å². The van der Waals surface area contributed by atoms with Crippen LogP contribution in [-0.4, -0.2) is 24.7 Å². The molecule has 1 aromatic carbocycles. The summed E-state index contributed by atoms with van der Waals surface area (Å²) in [6.07, 6.45) is 6.84. The minimum Gasteiger partial charge on any atom is -0.495 e. The van der Waals surface area contributed by atoms with Gasteiger partial charge in [-0.15, -0.1) is 0 Å². The molecule has 3 nitrogen and oxygen atoms in total. The SMILES string of the molecule is COc1cc(NC2CCCCC2SC)c(F)cc1N. The first-order valence-electron chi connectivity index (χ1n) is 6.58. The first kappa shape index (κ1) is 14.3. The zero-order chi connectivity index (χ0) is 13.8. The fourth-order valence-corrected chi connectivity index (χ4v) is 3.54. The highest BCUT2D eigenvalue weighted by molar-refractivity contribution is 7.99. The van der Waals surface area contributed by atoms with Gasteiger partial charge in [-0.25, -0.2) is 4.39 Å². The number of nitrogens with two attached hydrogens (primary N) is 1. The van der Waals surface area contributed by atoms with Crippen LogP contribution in [0.5, 0.6) is 5.75 Å². The van der Waals surface area contributed by atoms with Crippen molar-refractivity contribution in [2.24, 2.45) is 0 Å². The number of methoxy groups -OCH3 is 1. The molecule has 1 aromatic rings.